The lowest BCUT2D eigenvalue weighted by Gasteiger charge is -2.17. The molecule has 0 aliphatic carbocycles. The molecule has 1 aromatic rings. The summed E-state index contributed by atoms with van der Waals surface area (Å²) in [4.78, 5) is 6.86. The van der Waals surface area contributed by atoms with Gasteiger partial charge in [0.2, 0.25) is 5.95 Å². The van der Waals surface area contributed by atoms with Gasteiger partial charge >= 0.3 is 0 Å². The third kappa shape index (κ3) is 1.62. The Balaban J connectivity index is 2.13. The lowest BCUT2D eigenvalue weighted by molar-refractivity contribution is 0.615. The van der Waals surface area contributed by atoms with Crippen molar-refractivity contribution in [2.75, 3.05) is 25.0 Å². The molecule has 1 unspecified atom stereocenters. The van der Waals surface area contributed by atoms with Crippen molar-refractivity contribution in [1.29, 1.82) is 0 Å². The van der Waals surface area contributed by atoms with Crippen molar-refractivity contribution >= 4 is 5.95 Å². The normalized spacial score (nSPS) is 21.9. The summed E-state index contributed by atoms with van der Waals surface area (Å²) in [5.41, 5.74) is 1.09. The first-order chi connectivity index (χ1) is 6.70. The van der Waals surface area contributed by atoms with E-state index in [1.807, 2.05) is 14.0 Å². The number of rotatable bonds is 2. The summed E-state index contributed by atoms with van der Waals surface area (Å²) >= 11 is 0. The fourth-order valence-corrected chi connectivity index (χ4v) is 2.07. The zero-order valence-corrected chi connectivity index (χ0v) is 9.12. The minimum Gasteiger partial charge on any atom is -0.341 e. The number of hydrogen-bond acceptors (Lipinski definition) is 3. The molecule has 0 aromatic carbocycles. The van der Waals surface area contributed by atoms with Gasteiger partial charge in [-0.25, -0.2) is 4.98 Å². The van der Waals surface area contributed by atoms with E-state index in [4.69, 9.17) is 0 Å². The topological polar surface area (TPSA) is 33.1 Å². The second-order valence-electron chi connectivity index (χ2n) is 4.01. The average Bonchev–Trinajstić information content (AvgIpc) is 2.71. The van der Waals surface area contributed by atoms with E-state index in [-0.39, 0.29) is 0 Å². The van der Waals surface area contributed by atoms with Gasteiger partial charge in [-0.1, -0.05) is 0 Å². The second-order valence-corrected chi connectivity index (χ2v) is 4.01. The van der Waals surface area contributed by atoms with E-state index in [1.54, 1.807) is 0 Å². The van der Waals surface area contributed by atoms with Crippen LogP contribution in [0.25, 0.3) is 0 Å². The number of nitrogens with one attached hydrogen (secondary N) is 1. The largest absolute Gasteiger partial charge is 0.341 e. The fraction of sp³-hybridized carbons (Fsp3) is 0.700. The van der Waals surface area contributed by atoms with E-state index in [1.165, 1.54) is 6.42 Å². The molecule has 14 heavy (non-hydrogen) atoms. The van der Waals surface area contributed by atoms with Crippen LogP contribution in [0, 0.1) is 6.92 Å². The Labute approximate surface area is 84.9 Å². The summed E-state index contributed by atoms with van der Waals surface area (Å²) < 4.78 is 2.10. The highest BCUT2D eigenvalue weighted by atomic mass is 15.3. The molecule has 4 nitrogen and oxygen atoms in total. The quantitative estimate of drug-likeness (QED) is 0.745. The number of likely N-dealkylation sites (N-methyl/N-ethyl adjacent to an activating group) is 1. The number of nitrogens with zero attached hydrogens (tertiary/aromatic N) is 3. The maximum absolute atomic E-state index is 4.52. The minimum atomic E-state index is 0.618. The molecular weight excluding hydrogens is 176 g/mol. The second kappa shape index (κ2) is 3.61. The SMILES string of the molecule is CNC1CCN(c2nc(C)cn2C)C1. The Bertz CT molecular complexity index is 318. The van der Waals surface area contributed by atoms with Crippen LogP contribution < -0.4 is 10.2 Å². The van der Waals surface area contributed by atoms with E-state index >= 15 is 0 Å². The summed E-state index contributed by atoms with van der Waals surface area (Å²) in [6.45, 7) is 4.21. The number of hydrogen-bond donors (Lipinski definition) is 1. The van der Waals surface area contributed by atoms with Gasteiger partial charge in [0, 0.05) is 32.4 Å². The molecule has 0 bridgehead atoms. The molecule has 1 aliphatic heterocycles. The molecule has 0 saturated carbocycles. The van der Waals surface area contributed by atoms with Crippen LogP contribution >= 0.6 is 0 Å². The van der Waals surface area contributed by atoms with Gasteiger partial charge in [0.25, 0.3) is 0 Å². The Morgan fingerprint density at radius 1 is 1.57 bits per heavy atom. The first kappa shape index (κ1) is 9.52. The average molecular weight is 194 g/mol. The van der Waals surface area contributed by atoms with Crippen LogP contribution in [0.3, 0.4) is 0 Å². The van der Waals surface area contributed by atoms with Crippen LogP contribution in [-0.2, 0) is 7.05 Å². The molecule has 1 atom stereocenters. The summed E-state index contributed by atoms with van der Waals surface area (Å²) in [6.07, 6.45) is 3.28. The maximum atomic E-state index is 4.52. The highest BCUT2D eigenvalue weighted by molar-refractivity contribution is 5.35. The minimum absolute atomic E-state index is 0.618. The van der Waals surface area contributed by atoms with Gasteiger partial charge in [-0.05, 0) is 20.4 Å². The van der Waals surface area contributed by atoms with E-state index in [0.29, 0.717) is 6.04 Å². The highest BCUT2D eigenvalue weighted by Gasteiger charge is 2.23. The van der Waals surface area contributed by atoms with Crippen LogP contribution in [0.5, 0.6) is 0 Å². The Morgan fingerprint density at radius 2 is 2.36 bits per heavy atom. The van der Waals surface area contributed by atoms with Gasteiger partial charge in [0.15, 0.2) is 0 Å². The molecule has 4 heteroatoms. The van der Waals surface area contributed by atoms with Crippen LogP contribution in [0.15, 0.2) is 6.20 Å². The van der Waals surface area contributed by atoms with Crippen LogP contribution in [0.2, 0.25) is 0 Å². The van der Waals surface area contributed by atoms with Crippen molar-refractivity contribution in [2.24, 2.45) is 7.05 Å². The molecular formula is C10H18N4. The molecule has 2 rings (SSSR count). The number of anilines is 1. The third-order valence-electron chi connectivity index (χ3n) is 2.85. The van der Waals surface area contributed by atoms with Gasteiger partial charge in [0.1, 0.15) is 0 Å². The summed E-state index contributed by atoms with van der Waals surface area (Å²) in [7, 11) is 4.08. The number of imidazole rings is 1. The van der Waals surface area contributed by atoms with Gasteiger partial charge in [-0.15, -0.1) is 0 Å². The van der Waals surface area contributed by atoms with Gasteiger partial charge in [-0.3, -0.25) is 0 Å². The first-order valence-electron chi connectivity index (χ1n) is 5.13. The van der Waals surface area contributed by atoms with E-state index in [9.17, 15) is 0 Å². The molecule has 1 aliphatic rings. The molecule has 78 valence electrons. The van der Waals surface area contributed by atoms with Gasteiger partial charge in [0.05, 0.1) is 5.69 Å². The van der Waals surface area contributed by atoms with Crippen molar-refractivity contribution in [2.45, 2.75) is 19.4 Å². The van der Waals surface area contributed by atoms with Crippen molar-refractivity contribution < 1.29 is 0 Å². The van der Waals surface area contributed by atoms with Crippen molar-refractivity contribution in [3.63, 3.8) is 0 Å². The Kier molecular flexibility index (Phi) is 2.46. The number of aromatic nitrogens is 2. The fourth-order valence-electron chi connectivity index (χ4n) is 2.07. The van der Waals surface area contributed by atoms with E-state index in [0.717, 1.165) is 24.7 Å². The predicted molar refractivity (Wildman–Crippen MR) is 57.6 cm³/mol. The lowest BCUT2D eigenvalue weighted by Crippen LogP contribution is -2.30. The van der Waals surface area contributed by atoms with Gasteiger partial charge < -0.3 is 14.8 Å². The molecule has 2 heterocycles. The monoisotopic (exact) mass is 194 g/mol. The van der Waals surface area contributed by atoms with E-state index in [2.05, 4.69) is 33.0 Å². The van der Waals surface area contributed by atoms with Crippen molar-refractivity contribution in [1.82, 2.24) is 14.9 Å². The summed E-state index contributed by atoms with van der Waals surface area (Å²) in [5, 5.41) is 3.31. The van der Waals surface area contributed by atoms with Crippen LogP contribution in [0.1, 0.15) is 12.1 Å². The van der Waals surface area contributed by atoms with Crippen LogP contribution in [-0.4, -0.2) is 35.7 Å². The predicted octanol–water partition coefficient (Wildman–Crippen LogP) is 0.527. The standard InChI is InChI=1S/C10H18N4/c1-8-6-13(3)10(12-8)14-5-4-9(7-14)11-2/h6,9,11H,4-5,7H2,1-3H3. The van der Waals surface area contributed by atoms with Crippen LogP contribution in [0.4, 0.5) is 5.95 Å². The Morgan fingerprint density at radius 3 is 2.86 bits per heavy atom. The van der Waals surface area contributed by atoms with Gasteiger partial charge in [-0.2, -0.15) is 0 Å². The molecule has 1 N–H and O–H groups in total. The highest BCUT2D eigenvalue weighted by Crippen LogP contribution is 2.18. The number of aryl methyl sites for hydroxylation is 2. The molecule has 0 amide bonds. The lowest BCUT2D eigenvalue weighted by atomic mass is 10.3. The summed E-state index contributed by atoms with van der Waals surface area (Å²) in [5.74, 6) is 1.10. The Hall–Kier alpha value is -1.03. The van der Waals surface area contributed by atoms with Crippen molar-refractivity contribution in [3.8, 4) is 0 Å². The molecule has 1 aromatic heterocycles. The third-order valence-corrected chi connectivity index (χ3v) is 2.85. The zero-order chi connectivity index (χ0) is 10.1. The van der Waals surface area contributed by atoms with E-state index < -0.39 is 0 Å². The molecule has 1 fully saturated rings. The zero-order valence-electron chi connectivity index (χ0n) is 9.12. The molecule has 1 saturated heterocycles. The van der Waals surface area contributed by atoms with Crippen molar-refractivity contribution in [3.05, 3.63) is 11.9 Å². The smallest absolute Gasteiger partial charge is 0.205 e. The maximum Gasteiger partial charge on any atom is 0.205 e. The molecule has 0 spiro atoms. The first-order valence-corrected chi connectivity index (χ1v) is 5.13. The summed E-state index contributed by atoms with van der Waals surface area (Å²) in [6, 6.07) is 0.618. The molecule has 0 radical (unpaired) electrons.